The van der Waals surface area contributed by atoms with E-state index in [2.05, 4.69) is 5.16 Å². The Balaban J connectivity index is 1.91. The van der Waals surface area contributed by atoms with E-state index in [1.165, 1.54) is 0 Å². The summed E-state index contributed by atoms with van der Waals surface area (Å²) in [5.74, 6) is -0.232. The highest BCUT2D eigenvalue weighted by Gasteiger charge is 2.40. The number of piperidine rings is 1. The second-order valence-electron chi connectivity index (χ2n) is 3.55. The highest BCUT2D eigenvalue weighted by Crippen LogP contribution is 2.30. The maximum Gasteiger partial charge on any atom is 0.233 e. The van der Waals surface area contributed by atoms with Gasteiger partial charge in [0.05, 0.1) is 13.2 Å². The molecule has 6 nitrogen and oxygen atoms in total. The predicted molar refractivity (Wildman–Crippen MR) is 48.9 cm³/mol. The summed E-state index contributed by atoms with van der Waals surface area (Å²) in [6.45, 7) is 2.75. The molecule has 6 heteroatoms. The standard InChI is InChI=1S/C8H15N3O3/c9-7(10-12)11-3-1-8(2-4-11)13-5-6-14-8/h12H,1-6H2,(H2,9,10). The first-order chi connectivity index (χ1) is 6.76. The average Bonchev–Trinajstić information content (AvgIpc) is 2.67. The van der Waals surface area contributed by atoms with Crippen molar-refractivity contribution in [3.05, 3.63) is 0 Å². The fraction of sp³-hybridized carbons (Fsp3) is 0.875. The Bertz CT molecular complexity index is 228. The summed E-state index contributed by atoms with van der Waals surface area (Å²) in [5.41, 5.74) is 5.48. The van der Waals surface area contributed by atoms with Crippen molar-refractivity contribution in [3.8, 4) is 0 Å². The molecule has 0 aromatic rings. The number of rotatable bonds is 0. The lowest BCUT2D eigenvalue weighted by Crippen LogP contribution is -2.49. The molecule has 0 bridgehead atoms. The van der Waals surface area contributed by atoms with Crippen LogP contribution >= 0.6 is 0 Å². The van der Waals surface area contributed by atoms with Crippen LogP contribution in [0.1, 0.15) is 12.8 Å². The molecule has 80 valence electrons. The predicted octanol–water partition coefficient (Wildman–Crippen LogP) is -0.471. The van der Waals surface area contributed by atoms with Gasteiger partial charge in [-0.05, 0) is 0 Å². The van der Waals surface area contributed by atoms with E-state index >= 15 is 0 Å². The Hall–Kier alpha value is -1.01. The van der Waals surface area contributed by atoms with Gasteiger partial charge in [0.1, 0.15) is 0 Å². The van der Waals surface area contributed by atoms with E-state index in [1.807, 2.05) is 4.90 Å². The van der Waals surface area contributed by atoms with E-state index < -0.39 is 5.79 Å². The van der Waals surface area contributed by atoms with Gasteiger partial charge in [-0.1, -0.05) is 5.16 Å². The highest BCUT2D eigenvalue weighted by atomic mass is 16.7. The molecule has 2 aliphatic heterocycles. The summed E-state index contributed by atoms with van der Waals surface area (Å²) in [6, 6.07) is 0. The minimum absolute atomic E-state index is 0.165. The molecule has 2 aliphatic rings. The van der Waals surface area contributed by atoms with Crippen molar-refractivity contribution in [1.29, 1.82) is 0 Å². The summed E-state index contributed by atoms with van der Waals surface area (Å²) in [7, 11) is 0. The molecule has 0 aromatic heterocycles. The molecule has 14 heavy (non-hydrogen) atoms. The highest BCUT2D eigenvalue weighted by molar-refractivity contribution is 5.77. The van der Waals surface area contributed by atoms with Gasteiger partial charge < -0.3 is 25.3 Å². The van der Waals surface area contributed by atoms with Crippen LogP contribution in [0.3, 0.4) is 0 Å². The van der Waals surface area contributed by atoms with Crippen molar-refractivity contribution in [3.63, 3.8) is 0 Å². The number of likely N-dealkylation sites (tertiary alicyclic amines) is 1. The van der Waals surface area contributed by atoms with Gasteiger partial charge in [0.15, 0.2) is 5.79 Å². The lowest BCUT2D eigenvalue weighted by atomic mass is 10.0. The van der Waals surface area contributed by atoms with Gasteiger partial charge >= 0.3 is 0 Å². The van der Waals surface area contributed by atoms with Gasteiger partial charge in [0.25, 0.3) is 0 Å². The number of ether oxygens (including phenoxy) is 2. The normalized spacial score (nSPS) is 27.1. The monoisotopic (exact) mass is 201 g/mol. The maximum atomic E-state index is 8.50. The minimum atomic E-state index is -0.397. The molecule has 0 aliphatic carbocycles. The Morgan fingerprint density at radius 2 is 1.86 bits per heavy atom. The number of hydrogen-bond acceptors (Lipinski definition) is 4. The number of nitrogens with two attached hydrogens (primary N) is 1. The molecule has 0 aromatic carbocycles. The zero-order valence-corrected chi connectivity index (χ0v) is 7.98. The number of oxime groups is 1. The van der Waals surface area contributed by atoms with Crippen LogP contribution in [0.2, 0.25) is 0 Å². The largest absolute Gasteiger partial charge is 0.408 e. The Morgan fingerprint density at radius 3 is 2.36 bits per heavy atom. The quantitative estimate of drug-likeness (QED) is 0.240. The van der Waals surface area contributed by atoms with E-state index in [0.29, 0.717) is 26.3 Å². The first-order valence-electron chi connectivity index (χ1n) is 4.76. The minimum Gasteiger partial charge on any atom is -0.408 e. The fourth-order valence-electron chi connectivity index (χ4n) is 1.93. The van der Waals surface area contributed by atoms with Gasteiger partial charge in [-0.3, -0.25) is 0 Å². The lowest BCUT2D eigenvalue weighted by Gasteiger charge is -2.37. The van der Waals surface area contributed by atoms with Crippen LogP contribution in [0.15, 0.2) is 5.16 Å². The molecule has 0 unspecified atom stereocenters. The maximum absolute atomic E-state index is 8.50. The van der Waals surface area contributed by atoms with Crippen molar-refractivity contribution in [1.82, 2.24) is 4.90 Å². The number of hydrogen-bond donors (Lipinski definition) is 2. The van der Waals surface area contributed by atoms with E-state index in [1.54, 1.807) is 0 Å². The fourth-order valence-corrected chi connectivity index (χ4v) is 1.93. The zero-order valence-electron chi connectivity index (χ0n) is 7.98. The summed E-state index contributed by atoms with van der Waals surface area (Å²) in [5, 5.41) is 11.5. The first kappa shape index (κ1) is 9.54. The summed E-state index contributed by atoms with van der Waals surface area (Å²) >= 11 is 0. The van der Waals surface area contributed by atoms with Crippen LogP contribution in [-0.4, -0.2) is 48.2 Å². The smallest absolute Gasteiger partial charge is 0.233 e. The molecule has 0 amide bonds. The number of guanidine groups is 1. The molecule has 2 saturated heterocycles. The van der Waals surface area contributed by atoms with Crippen molar-refractivity contribution in [2.24, 2.45) is 10.9 Å². The van der Waals surface area contributed by atoms with Crippen LogP contribution < -0.4 is 5.73 Å². The molecule has 0 atom stereocenters. The van der Waals surface area contributed by atoms with E-state index in [9.17, 15) is 0 Å². The zero-order chi connectivity index (χ0) is 10.0. The average molecular weight is 201 g/mol. The van der Waals surface area contributed by atoms with E-state index in [4.69, 9.17) is 20.4 Å². The lowest BCUT2D eigenvalue weighted by molar-refractivity contribution is -0.180. The summed E-state index contributed by atoms with van der Waals surface area (Å²) < 4.78 is 11.1. The molecule has 1 spiro atoms. The first-order valence-corrected chi connectivity index (χ1v) is 4.76. The van der Waals surface area contributed by atoms with Crippen molar-refractivity contribution in [2.45, 2.75) is 18.6 Å². The van der Waals surface area contributed by atoms with Gasteiger partial charge in [-0.15, -0.1) is 0 Å². The van der Waals surface area contributed by atoms with Crippen LogP contribution in [-0.2, 0) is 9.47 Å². The third kappa shape index (κ3) is 1.62. The second-order valence-corrected chi connectivity index (χ2v) is 3.55. The topological polar surface area (TPSA) is 80.3 Å². The van der Waals surface area contributed by atoms with Crippen LogP contribution in [0.25, 0.3) is 0 Å². The van der Waals surface area contributed by atoms with Gasteiger partial charge in [-0.25, -0.2) is 0 Å². The summed E-state index contributed by atoms with van der Waals surface area (Å²) in [6.07, 6.45) is 1.53. The van der Waals surface area contributed by atoms with Crippen molar-refractivity contribution < 1.29 is 14.7 Å². The Labute approximate surface area is 82.3 Å². The third-order valence-electron chi connectivity index (χ3n) is 2.77. The molecular formula is C8H15N3O3. The number of nitrogens with zero attached hydrogens (tertiary/aromatic N) is 2. The molecule has 0 saturated carbocycles. The Kier molecular flexibility index (Phi) is 2.47. The van der Waals surface area contributed by atoms with Crippen LogP contribution in [0.4, 0.5) is 0 Å². The van der Waals surface area contributed by atoms with E-state index in [0.717, 1.165) is 12.8 Å². The van der Waals surface area contributed by atoms with Crippen molar-refractivity contribution in [2.75, 3.05) is 26.3 Å². The van der Waals surface area contributed by atoms with E-state index in [-0.39, 0.29) is 5.96 Å². The van der Waals surface area contributed by atoms with Gasteiger partial charge in [0.2, 0.25) is 5.96 Å². The molecule has 2 fully saturated rings. The van der Waals surface area contributed by atoms with Gasteiger partial charge in [-0.2, -0.15) is 0 Å². The Morgan fingerprint density at radius 1 is 1.29 bits per heavy atom. The molecule has 2 heterocycles. The van der Waals surface area contributed by atoms with Gasteiger partial charge in [0, 0.05) is 25.9 Å². The van der Waals surface area contributed by atoms with Crippen molar-refractivity contribution >= 4 is 5.96 Å². The molecule has 3 N–H and O–H groups in total. The van der Waals surface area contributed by atoms with Crippen LogP contribution in [0.5, 0.6) is 0 Å². The SMILES string of the molecule is N/C(=N\O)N1CCC2(CC1)OCCO2. The third-order valence-corrected chi connectivity index (χ3v) is 2.77. The van der Waals surface area contributed by atoms with Crippen LogP contribution in [0, 0.1) is 0 Å². The molecule has 2 rings (SSSR count). The summed E-state index contributed by atoms with van der Waals surface area (Å²) in [4.78, 5) is 1.82. The molecule has 0 radical (unpaired) electrons. The second kappa shape index (κ2) is 3.62. The molecular weight excluding hydrogens is 186 g/mol.